The van der Waals surface area contributed by atoms with Crippen LogP contribution in [0.3, 0.4) is 0 Å². The van der Waals surface area contributed by atoms with E-state index < -0.39 is 28.5 Å². The molecule has 0 fully saturated rings. The zero-order valence-corrected chi connectivity index (χ0v) is 22.2. The Morgan fingerprint density at radius 3 is 2.26 bits per heavy atom. The second kappa shape index (κ2) is 12.4. The largest absolute Gasteiger partial charge is 0.354 e. The normalized spacial score (nSPS) is 12.2. The summed E-state index contributed by atoms with van der Waals surface area (Å²) in [5.74, 6) is -0.783. The van der Waals surface area contributed by atoms with Crippen LogP contribution >= 0.6 is 23.2 Å². The number of benzene rings is 2. The molecule has 0 heterocycles. The molecule has 1 atom stereocenters. The number of nitrogens with zero attached hydrogens (tertiary/aromatic N) is 2. The first kappa shape index (κ1) is 28.0. The van der Waals surface area contributed by atoms with Gasteiger partial charge in [0.25, 0.3) is 0 Å². The molecule has 186 valence electrons. The second-order valence-electron chi connectivity index (χ2n) is 8.02. The molecule has 0 bridgehead atoms. The Morgan fingerprint density at radius 2 is 1.71 bits per heavy atom. The number of nitrogens with one attached hydrogen (secondary N) is 1. The predicted octanol–water partition coefficient (Wildman–Crippen LogP) is 4.40. The molecule has 2 rings (SSSR count). The average molecular weight is 529 g/mol. The molecule has 10 heteroatoms. The number of halogens is 2. The van der Waals surface area contributed by atoms with Gasteiger partial charge in [-0.25, -0.2) is 8.42 Å². The Kier molecular flexibility index (Phi) is 10.2. The first-order chi connectivity index (χ1) is 16.0. The first-order valence-electron chi connectivity index (χ1n) is 11.0. The number of sulfonamides is 1. The maximum Gasteiger partial charge on any atom is 0.244 e. The maximum absolute atomic E-state index is 13.6. The molecule has 0 saturated heterocycles. The minimum atomic E-state index is -3.82. The number of carbonyl (C=O) groups is 2. The van der Waals surface area contributed by atoms with Crippen LogP contribution in [0.2, 0.25) is 10.0 Å². The molecular formula is C24H31Cl2N3O4S. The smallest absolute Gasteiger partial charge is 0.244 e. The molecule has 2 amide bonds. The topological polar surface area (TPSA) is 86.8 Å². The van der Waals surface area contributed by atoms with Crippen molar-refractivity contribution in [1.29, 1.82) is 0 Å². The molecule has 7 nitrogen and oxygen atoms in total. The van der Waals surface area contributed by atoms with Crippen molar-refractivity contribution < 1.29 is 18.0 Å². The summed E-state index contributed by atoms with van der Waals surface area (Å²) in [5.41, 5.74) is 1.63. The summed E-state index contributed by atoms with van der Waals surface area (Å²) < 4.78 is 26.4. The van der Waals surface area contributed by atoms with Crippen LogP contribution in [0.5, 0.6) is 0 Å². The van der Waals surface area contributed by atoms with Crippen LogP contribution in [-0.4, -0.2) is 50.5 Å². The van der Waals surface area contributed by atoms with Gasteiger partial charge < -0.3 is 10.2 Å². The Hall–Kier alpha value is -2.29. The molecule has 0 aliphatic rings. The highest BCUT2D eigenvalue weighted by Crippen LogP contribution is 2.28. The molecule has 0 spiro atoms. The quantitative estimate of drug-likeness (QED) is 0.469. The Morgan fingerprint density at radius 1 is 1.06 bits per heavy atom. The Labute approximate surface area is 212 Å². The molecule has 2 aromatic carbocycles. The van der Waals surface area contributed by atoms with Crippen molar-refractivity contribution >= 4 is 50.7 Å². The van der Waals surface area contributed by atoms with E-state index in [1.807, 2.05) is 13.8 Å². The van der Waals surface area contributed by atoms with Gasteiger partial charge in [0.1, 0.15) is 12.6 Å². The van der Waals surface area contributed by atoms with E-state index in [1.54, 1.807) is 49.4 Å². The number of amides is 2. The van der Waals surface area contributed by atoms with E-state index in [9.17, 15) is 18.0 Å². The molecule has 1 N–H and O–H groups in total. The van der Waals surface area contributed by atoms with Crippen LogP contribution in [-0.2, 0) is 26.2 Å². The highest BCUT2D eigenvalue weighted by Gasteiger charge is 2.32. The number of carbonyl (C=O) groups excluding carboxylic acids is 2. The summed E-state index contributed by atoms with van der Waals surface area (Å²) >= 11 is 12.2. The molecule has 0 aromatic heterocycles. The lowest BCUT2D eigenvalue weighted by Crippen LogP contribution is -2.52. The lowest BCUT2D eigenvalue weighted by Gasteiger charge is -2.33. The van der Waals surface area contributed by atoms with Gasteiger partial charge in [-0.15, -0.1) is 0 Å². The second-order valence-corrected chi connectivity index (χ2v) is 10.8. The van der Waals surface area contributed by atoms with Crippen molar-refractivity contribution in [2.45, 2.75) is 46.2 Å². The summed E-state index contributed by atoms with van der Waals surface area (Å²) in [6.07, 6.45) is 2.16. The van der Waals surface area contributed by atoms with Gasteiger partial charge in [-0.05, 0) is 55.2 Å². The van der Waals surface area contributed by atoms with Crippen LogP contribution < -0.4 is 9.62 Å². The molecule has 2 aromatic rings. The summed E-state index contributed by atoms with van der Waals surface area (Å²) in [6.45, 7) is 5.59. The fourth-order valence-corrected chi connectivity index (χ4v) is 4.73. The third-order valence-corrected chi connectivity index (χ3v) is 7.18. The highest BCUT2D eigenvalue weighted by molar-refractivity contribution is 7.92. The predicted molar refractivity (Wildman–Crippen MR) is 138 cm³/mol. The van der Waals surface area contributed by atoms with Gasteiger partial charge in [-0.1, -0.05) is 55.2 Å². The van der Waals surface area contributed by atoms with Crippen LogP contribution in [0.4, 0.5) is 5.69 Å². The van der Waals surface area contributed by atoms with Crippen LogP contribution in [0.25, 0.3) is 0 Å². The molecule has 0 unspecified atom stereocenters. The highest BCUT2D eigenvalue weighted by atomic mass is 35.5. The number of rotatable bonds is 11. The first-order valence-corrected chi connectivity index (χ1v) is 13.6. The van der Waals surface area contributed by atoms with Crippen molar-refractivity contribution in [2.75, 3.05) is 23.7 Å². The molecule has 0 saturated carbocycles. The van der Waals surface area contributed by atoms with E-state index in [0.29, 0.717) is 34.3 Å². The molecule has 0 aliphatic carbocycles. The SMILES string of the molecule is CCCNC(=O)[C@H](CC)N(Cc1ccc(Cl)cc1)C(=O)CN(c1cccc(Cl)c1C)S(C)(=O)=O. The van der Waals surface area contributed by atoms with Crippen molar-refractivity contribution in [3.63, 3.8) is 0 Å². The third kappa shape index (κ3) is 7.35. The average Bonchev–Trinajstić information content (AvgIpc) is 2.78. The number of hydrogen-bond acceptors (Lipinski definition) is 4. The Balaban J connectivity index is 2.46. The van der Waals surface area contributed by atoms with Crippen molar-refractivity contribution in [1.82, 2.24) is 10.2 Å². The zero-order valence-electron chi connectivity index (χ0n) is 19.8. The zero-order chi connectivity index (χ0) is 25.5. The molecular weight excluding hydrogens is 497 g/mol. The minimum Gasteiger partial charge on any atom is -0.354 e. The van der Waals surface area contributed by atoms with E-state index in [4.69, 9.17) is 23.2 Å². The van der Waals surface area contributed by atoms with E-state index >= 15 is 0 Å². The van der Waals surface area contributed by atoms with Gasteiger partial charge >= 0.3 is 0 Å². The van der Waals surface area contributed by atoms with E-state index in [-0.39, 0.29) is 12.5 Å². The van der Waals surface area contributed by atoms with Crippen LogP contribution in [0.1, 0.15) is 37.8 Å². The summed E-state index contributed by atoms with van der Waals surface area (Å²) in [5, 5.41) is 3.78. The fourth-order valence-electron chi connectivity index (χ4n) is 3.53. The third-order valence-electron chi connectivity index (χ3n) is 5.39. The number of anilines is 1. The van der Waals surface area contributed by atoms with Crippen LogP contribution in [0.15, 0.2) is 42.5 Å². The van der Waals surface area contributed by atoms with Crippen molar-refractivity contribution in [3.8, 4) is 0 Å². The van der Waals surface area contributed by atoms with Gasteiger partial charge in [-0.2, -0.15) is 0 Å². The van der Waals surface area contributed by atoms with Crippen molar-refractivity contribution in [3.05, 3.63) is 63.6 Å². The van der Waals surface area contributed by atoms with E-state index in [0.717, 1.165) is 22.5 Å². The molecule has 0 radical (unpaired) electrons. The van der Waals surface area contributed by atoms with E-state index in [2.05, 4.69) is 5.32 Å². The van der Waals surface area contributed by atoms with E-state index in [1.165, 1.54) is 4.90 Å². The monoisotopic (exact) mass is 527 g/mol. The lowest BCUT2D eigenvalue weighted by atomic mass is 10.1. The van der Waals surface area contributed by atoms with Crippen LogP contribution in [0, 0.1) is 6.92 Å². The summed E-state index contributed by atoms with van der Waals surface area (Å²) in [7, 11) is -3.82. The standard InChI is InChI=1S/C24H31Cl2N3O4S/c1-5-14-27-24(31)21(6-2)28(15-18-10-12-19(25)13-11-18)23(30)16-29(34(4,32)33)22-9-7-8-20(26)17(22)3/h7-13,21H,5-6,14-16H2,1-4H3,(H,27,31)/t21-/m0/s1. The molecule has 34 heavy (non-hydrogen) atoms. The van der Waals surface area contributed by atoms with Gasteiger partial charge in [0.2, 0.25) is 21.8 Å². The summed E-state index contributed by atoms with van der Waals surface area (Å²) in [6, 6.07) is 11.1. The minimum absolute atomic E-state index is 0.125. The fraction of sp³-hybridized carbons (Fsp3) is 0.417. The lowest BCUT2D eigenvalue weighted by molar-refractivity contribution is -0.140. The van der Waals surface area contributed by atoms with Gasteiger partial charge in [-0.3, -0.25) is 13.9 Å². The maximum atomic E-state index is 13.6. The van der Waals surface area contributed by atoms with Gasteiger partial charge in [0, 0.05) is 23.1 Å². The summed E-state index contributed by atoms with van der Waals surface area (Å²) in [4.78, 5) is 27.9. The Bertz CT molecular complexity index is 1110. The molecule has 0 aliphatic heterocycles. The van der Waals surface area contributed by atoms with Crippen molar-refractivity contribution in [2.24, 2.45) is 0 Å². The number of hydrogen-bond donors (Lipinski definition) is 1. The van der Waals surface area contributed by atoms with Gasteiger partial charge in [0.15, 0.2) is 0 Å². The van der Waals surface area contributed by atoms with Gasteiger partial charge in [0.05, 0.1) is 11.9 Å².